The Balaban J connectivity index is 1.76. The molecular weight excluding hydrogens is 172 g/mol. The second kappa shape index (κ2) is 3.70. The lowest BCUT2D eigenvalue weighted by Crippen LogP contribution is -1.96. The monoisotopic (exact) mass is 178 g/mol. The Morgan fingerprint density at radius 1 is 0.846 bits per heavy atom. The molecule has 0 saturated heterocycles. The molecule has 2 aromatic heterocycles. The lowest BCUT2D eigenvalue weighted by atomic mass is 10.2. The Morgan fingerprint density at radius 2 is 1.38 bits per heavy atom. The molecule has 0 aliphatic heterocycles. The van der Waals surface area contributed by atoms with Crippen LogP contribution in [0.1, 0.15) is 18.1 Å². The van der Waals surface area contributed by atoms with Crippen molar-refractivity contribution in [2.75, 3.05) is 0 Å². The van der Waals surface area contributed by atoms with Gasteiger partial charge in [0.1, 0.15) is 0 Å². The largest absolute Gasteiger partial charge is 0.335 e. The highest BCUT2D eigenvalue weighted by molar-refractivity contribution is 4.80. The van der Waals surface area contributed by atoms with Crippen LogP contribution >= 0.6 is 0 Å². The van der Waals surface area contributed by atoms with Gasteiger partial charge in [0.05, 0.1) is 0 Å². The fourth-order valence-electron chi connectivity index (χ4n) is 0.931. The van der Waals surface area contributed by atoms with E-state index in [1.807, 2.05) is 0 Å². The van der Waals surface area contributed by atoms with E-state index in [4.69, 9.17) is 0 Å². The molecule has 0 radical (unpaired) electrons. The third kappa shape index (κ3) is 2.04. The van der Waals surface area contributed by atoms with Crippen molar-refractivity contribution < 1.29 is 0 Å². The molecule has 0 bridgehead atoms. The number of nitrogens with zero attached hydrogens (tertiary/aromatic N) is 8. The second-order valence-corrected chi connectivity index (χ2v) is 2.44. The van der Waals surface area contributed by atoms with Gasteiger partial charge in [-0.25, -0.2) is 0 Å². The van der Waals surface area contributed by atoms with E-state index in [9.17, 15) is 0 Å². The Morgan fingerprint density at radius 3 is 1.77 bits per heavy atom. The predicted molar refractivity (Wildman–Crippen MR) is 38.3 cm³/mol. The molecule has 0 N–H and O–H groups in total. The highest BCUT2D eigenvalue weighted by Crippen LogP contribution is 1.96. The molecule has 2 rings (SSSR count). The van der Waals surface area contributed by atoms with Crippen molar-refractivity contribution >= 4 is 0 Å². The minimum Gasteiger partial charge on any atom is -0.335 e. The summed E-state index contributed by atoms with van der Waals surface area (Å²) in [5, 5.41) is 28.2. The molecule has 0 saturated carbocycles. The van der Waals surface area contributed by atoms with Crippen LogP contribution in [0.5, 0.6) is 0 Å². The smallest absolute Gasteiger partial charge is 0.00988 e. The molecule has 2 heterocycles. The zero-order chi connectivity index (χ0) is 8.93. The molecular formula is C5H6N8-2. The molecule has 0 aliphatic carbocycles. The maximum atomic E-state index is 3.69. The van der Waals surface area contributed by atoms with Crippen LogP contribution < -0.4 is 10.2 Å². The topological polar surface area (TPSA) is 106 Å². The average Bonchev–Trinajstić information content (AvgIpc) is 2.75. The molecule has 8 heteroatoms. The molecule has 0 aromatic carbocycles. The third-order valence-corrected chi connectivity index (χ3v) is 1.52. The first-order valence-corrected chi connectivity index (χ1v) is 3.80. The van der Waals surface area contributed by atoms with Gasteiger partial charge in [-0.1, -0.05) is 0 Å². The molecule has 68 valence electrons. The minimum absolute atomic E-state index is 0.646. The summed E-state index contributed by atoms with van der Waals surface area (Å²) in [4.78, 5) is 0. The van der Waals surface area contributed by atoms with E-state index in [0.717, 1.165) is 19.3 Å². The molecule has 2 aromatic rings. The molecule has 0 unspecified atom stereocenters. The molecule has 0 fully saturated rings. The quantitative estimate of drug-likeness (QED) is 0.537. The molecule has 8 nitrogen and oxygen atoms in total. The minimum atomic E-state index is 0.646. The van der Waals surface area contributed by atoms with Crippen molar-refractivity contribution in [1.29, 1.82) is 0 Å². The first-order chi connectivity index (χ1) is 6.45. The summed E-state index contributed by atoms with van der Waals surface area (Å²) in [6.07, 6.45) is 2.30. The fraction of sp³-hybridized carbons (Fsp3) is 0.600. The van der Waals surface area contributed by atoms with Crippen LogP contribution in [0, 0.1) is 0 Å². The van der Waals surface area contributed by atoms with Gasteiger partial charge < -0.3 is 10.2 Å². The Labute approximate surface area is 73.1 Å². The van der Waals surface area contributed by atoms with Gasteiger partial charge in [-0.15, -0.1) is 0 Å². The van der Waals surface area contributed by atoms with Gasteiger partial charge in [0, 0.05) is 11.6 Å². The summed E-state index contributed by atoms with van der Waals surface area (Å²) in [7, 11) is 0. The van der Waals surface area contributed by atoms with Crippen molar-refractivity contribution in [2.45, 2.75) is 19.3 Å². The standard InChI is InChI=1S/C5H6N8/c1(2-4-6-10-11-7-4)3-5-8-12-13-9-5/h1-3H2/q-2. The van der Waals surface area contributed by atoms with Crippen LogP contribution in [0.15, 0.2) is 0 Å². The lowest BCUT2D eigenvalue weighted by molar-refractivity contribution is 0.735. The number of aromatic nitrogens is 8. The van der Waals surface area contributed by atoms with Gasteiger partial charge in [-0.05, 0) is 19.3 Å². The summed E-state index contributed by atoms with van der Waals surface area (Å²) < 4.78 is 0. The zero-order valence-electron chi connectivity index (χ0n) is 6.70. The van der Waals surface area contributed by atoms with Crippen LogP contribution in [0.3, 0.4) is 0 Å². The summed E-state index contributed by atoms with van der Waals surface area (Å²) in [6.45, 7) is 0. The van der Waals surface area contributed by atoms with Crippen LogP contribution in [0.25, 0.3) is 0 Å². The SMILES string of the molecule is C(Cc1nnn[n-]1)Cc1nnn[n-]1. The Hall–Kier alpha value is -1.86. The van der Waals surface area contributed by atoms with Crippen molar-refractivity contribution in [3.05, 3.63) is 11.6 Å². The van der Waals surface area contributed by atoms with E-state index in [0.29, 0.717) is 11.6 Å². The average molecular weight is 178 g/mol. The number of tetrazole rings is 2. The zero-order valence-corrected chi connectivity index (χ0v) is 6.70. The Kier molecular flexibility index (Phi) is 2.21. The van der Waals surface area contributed by atoms with Gasteiger partial charge in [-0.3, -0.25) is 20.6 Å². The maximum absolute atomic E-state index is 3.69. The van der Waals surface area contributed by atoms with Crippen LogP contribution in [-0.2, 0) is 12.8 Å². The third-order valence-electron chi connectivity index (χ3n) is 1.52. The van der Waals surface area contributed by atoms with Crippen LogP contribution in [0.4, 0.5) is 0 Å². The van der Waals surface area contributed by atoms with E-state index in [-0.39, 0.29) is 0 Å². The fourth-order valence-corrected chi connectivity index (χ4v) is 0.931. The lowest BCUT2D eigenvalue weighted by Gasteiger charge is -1.99. The summed E-state index contributed by atoms with van der Waals surface area (Å²) in [5.41, 5.74) is 0. The number of aryl methyl sites for hydroxylation is 2. The van der Waals surface area contributed by atoms with E-state index >= 15 is 0 Å². The predicted octanol–water partition coefficient (Wildman–Crippen LogP) is -1.85. The number of rotatable bonds is 4. The Bertz CT molecular complexity index is 289. The van der Waals surface area contributed by atoms with Crippen LogP contribution in [0.2, 0.25) is 0 Å². The van der Waals surface area contributed by atoms with Crippen molar-refractivity contribution in [2.24, 2.45) is 0 Å². The maximum Gasteiger partial charge on any atom is 0.00988 e. The van der Waals surface area contributed by atoms with Gasteiger partial charge in [-0.2, -0.15) is 10.4 Å². The first kappa shape index (κ1) is 7.77. The van der Waals surface area contributed by atoms with Gasteiger partial charge in [0.25, 0.3) is 0 Å². The van der Waals surface area contributed by atoms with E-state index < -0.39 is 0 Å². The summed E-state index contributed by atoms with van der Waals surface area (Å²) >= 11 is 0. The molecule has 13 heavy (non-hydrogen) atoms. The second-order valence-electron chi connectivity index (χ2n) is 2.44. The van der Waals surface area contributed by atoms with Gasteiger partial charge in [0.15, 0.2) is 0 Å². The summed E-state index contributed by atoms with van der Waals surface area (Å²) in [5.74, 6) is 1.29. The molecule has 0 atom stereocenters. The van der Waals surface area contributed by atoms with Crippen LogP contribution in [-0.4, -0.2) is 31.1 Å². The van der Waals surface area contributed by atoms with Crippen molar-refractivity contribution in [3.63, 3.8) is 0 Å². The van der Waals surface area contributed by atoms with Crippen molar-refractivity contribution in [1.82, 2.24) is 41.2 Å². The van der Waals surface area contributed by atoms with Gasteiger partial charge in [0.2, 0.25) is 0 Å². The van der Waals surface area contributed by atoms with E-state index in [2.05, 4.69) is 41.2 Å². The van der Waals surface area contributed by atoms with Gasteiger partial charge >= 0.3 is 0 Å². The molecule has 0 spiro atoms. The van der Waals surface area contributed by atoms with Crippen molar-refractivity contribution in [3.8, 4) is 0 Å². The molecule has 0 aliphatic rings. The normalized spacial score (nSPS) is 10.5. The van der Waals surface area contributed by atoms with E-state index in [1.54, 1.807) is 0 Å². The highest BCUT2D eigenvalue weighted by Gasteiger charge is 1.91. The number of hydrogen-bond donors (Lipinski definition) is 0. The highest BCUT2D eigenvalue weighted by atomic mass is 15.5. The molecule has 0 amide bonds. The van der Waals surface area contributed by atoms with E-state index in [1.165, 1.54) is 0 Å². The number of hydrogen-bond acceptors (Lipinski definition) is 6. The first-order valence-electron chi connectivity index (χ1n) is 3.80. The summed E-state index contributed by atoms with van der Waals surface area (Å²) in [6, 6.07) is 0.